The second-order valence-electron chi connectivity index (χ2n) is 8.72. The van der Waals surface area contributed by atoms with Crippen LogP contribution in [-0.2, 0) is 0 Å². The molecular weight excluding hydrogens is 424 g/mol. The van der Waals surface area contributed by atoms with Crippen LogP contribution in [0, 0.1) is 13.8 Å². The maximum atomic E-state index is 2.41. The third kappa shape index (κ3) is 11.5. The van der Waals surface area contributed by atoms with Crippen LogP contribution in [0.2, 0.25) is 0 Å². The van der Waals surface area contributed by atoms with Crippen molar-refractivity contribution in [1.82, 2.24) is 0 Å². The molecule has 0 aliphatic carbocycles. The van der Waals surface area contributed by atoms with E-state index < -0.39 is 0 Å². The Labute approximate surface area is 206 Å². The summed E-state index contributed by atoms with van der Waals surface area (Å²) in [6, 6.07) is 17.9. The Kier molecular flexibility index (Phi) is 13.7. The average Bonchev–Trinajstić information content (AvgIpc) is 2.80. The van der Waals surface area contributed by atoms with Gasteiger partial charge in [-0.2, -0.15) is 0 Å². The SMILES string of the molecule is CCCCCC/C(=C/C=C(/CCCCCC)Sc1ccc(C)cc1)Sc1ccc(C)cc1. The van der Waals surface area contributed by atoms with Gasteiger partial charge in [-0.15, -0.1) is 0 Å². The lowest BCUT2D eigenvalue weighted by Gasteiger charge is -2.10. The predicted molar refractivity (Wildman–Crippen MR) is 148 cm³/mol. The van der Waals surface area contributed by atoms with Crippen LogP contribution in [0.4, 0.5) is 0 Å². The lowest BCUT2D eigenvalue weighted by atomic mass is 10.1. The number of hydrogen-bond acceptors (Lipinski definition) is 2. The lowest BCUT2D eigenvalue weighted by molar-refractivity contribution is 0.671. The molecule has 174 valence electrons. The zero-order valence-electron chi connectivity index (χ0n) is 20.7. The molecule has 32 heavy (non-hydrogen) atoms. The molecule has 0 radical (unpaired) electrons. The van der Waals surface area contributed by atoms with Gasteiger partial charge >= 0.3 is 0 Å². The monoisotopic (exact) mass is 466 g/mol. The summed E-state index contributed by atoms with van der Waals surface area (Å²) < 4.78 is 0. The average molecular weight is 467 g/mol. The van der Waals surface area contributed by atoms with Crippen molar-refractivity contribution in [2.45, 2.75) is 102 Å². The zero-order valence-corrected chi connectivity index (χ0v) is 22.3. The highest BCUT2D eigenvalue weighted by Gasteiger charge is 2.04. The van der Waals surface area contributed by atoms with Crippen molar-refractivity contribution in [3.8, 4) is 0 Å². The summed E-state index contributed by atoms with van der Waals surface area (Å²) in [5, 5.41) is 0. The number of rotatable bonds is 15. The predicted octanol–water partition coefficient (Wildman–Crippen LogP) is 10.9. The molecule has 2 heteroatoms. The van der Waals surface area contributed by atoms with Gasteiger partial charge in [0.2, 0.25) is 0 Å². The van der Waals surface area contributed by atoms with Crippen molar-refractivity contribution in [3.05, 3.63) is 81.6 Å². The van der Waals surface area contributed by atoms with Gasteiger partial charge in [-0.05, 0) is 73.6 Å². The first-order chi connectivity index (χ1) is 15.6. The first kappa shape index (κ1) is 26.9. The van der Waals surface area contributed by atoms with Gasteiger partial charge in [-0.3, -0.25) is 0 Å². The van der Waals surface area contributed by atoms with Crippen LogP contribution in [0.15, 0.2) is 80.3 Å². The van der Waals surface area contributed by atoms with Crippen molar-refractivity contribution in [1.29, 1.82) is 0 Å². The molecule has 0 nitrogen and oxygen atoms in total. The van der Waals surface area contributed by atoms with Crippen LogP contribution in [0.1, 0.15) is 89.2 Å². The molecule has 0 unspecified atom stereocenters. The van der Waals surface area contributed by atoms with Gasteiger partial charge in [0.25, 0.3) is 0 Å². The minimum atomic E-state index is 1.17. The quantitative estimate of drug-likeness (QED) is 0.145. The van der Waals surface area contributed by atoms with E-state index >= 15 is 0 Å². The first-order valence-corrected chi connectivity index (χ1v) is 14.1. The smallest absolute Gasteiger partial charge is 0.0119 e. The molecule has 2 aromatic carbocycles. The van der Waals surface area contributed by atoms with E-state index in [-0.39, 0.29) is 0 Å². The molecule has 0 N–H and O–H groups in total. The van der Waals surface area contributed by atoms with Crippen LogP contribution < -0.4 is 0 Å². The van der Waals surface area contributed by atoms with Crippen molar-refractivity contribution in [2.24, 2.45) is 0 Å². The van der Waals surface area contributed by atoms with Gasteiger partial charge in [0.05, 0.1) is 0 Å². The summed E-state index contributed by atoms with van der Waals surface area (Å²) in [5.74, 6) is 0. The van der Waals surface area contributed by atoms with Gasteiger partial charge in [-0.25, -0.2) is 0 Å². The van der Waals surface area contributed by atoms with Crippen LogP contribution in [0.25, 0.3) is 0 Å². The molecule has 0 saturated heterocycles. The molecule has 0 heterocycles. The topological polar surface area (TPSA) is 0 Å². The standard InChI is InChI=1S/C30H42S2/c1-5-7-9-11-13-27(31-29-19-15-25(3)16-20-29)23-24-28(14-12-10-8-6-2)32-30-21-17-26(4)18-22-30/h15-24H,5-14H2,1-4H3/b27-23-,28-24-. The number of aryl methyl sites for hydroxylation is 2. The van der Waals surface area contributed by atoms with E-state index in [0.717, 1.165) is 0 Å². The fraction of sp³-hybridized carbons (Fsp3) is 0.467. The largest absolute Gasteiger partial charge is 0.0946 e. The number of thioether (sulfide) groups is 2. The first-order valence-electron chi connectivity index (χ1n) is 12.5. The summed E-state index contributed by atoms with van der Waals surface area (Å²) >= 11 is 3.89. The van der Waals surface area contributed by atoms with Gasteiger partial charge in [0.15, 0.2) is 0 Å². The highest BCUT2D eigenvalue weighted by molar-refractivity contribution is 8.03. The fourth-order valence-corrected chi connectivity index (χ4v) is 5.40. The van der Waals surface area contributed by atoms with Gasteiger partial charge < -0.3 is 0 Å². The Balaban J connectivity index is 2.16. The summed E-state index contributed by atoms with van der Waals surface area (Å²) in [7, 11) is 0. The van der Waals surface area contributed by atoms with E-state index in [9.17, 15) is 0 Å². The van der Waals surface area contributed by atoms with E-state index in [4.69, 9.17) is 0 Å². The highest BCUT2D eigenvalue weighted by atomic mass is 32.2. The molecule has 0 bridgehead atoms. The number of benzene rings is 2. The molecule has 0 aliphatic heterocycles. The number of unbranched alkanes of at least 4 members (excludes halogenated alkanes) is 6. The number of hydrogen-bond donors (Lipinski definition) is 0. The summed E-state index contributed by atoms with van der Waals surface area (Å²) in [6.45, 7) is 8.89. The van der Waals surface area contributed by atoms with E-state index in [0.29, 0.717) is 0 Å². The highest BCUT2D eigenvalue weighted by Crippen LogP contribution is 2.34. The Morgan fingerprint density at radius 3 is 1.28 bits per heavy atom. The molecule has 2 rings (SSSR count). The Morgan fingerprint density at radius 2 is 0.938 bits per heavy atom. The van der Waals surface area contributed by atoms with Crippen molar-refractivity contribution < 1.29 is 0 Å². The summed E-state index contributed by atoms with van der Waals surface area (Å²) in [5.41, 5.74) is 2.65. The van der Waals surface area contributed by atoms with Gasteiger partial charge in [0.1, 0.15) is 0 Å². The van der Waals surface area contributed by atoms with Crippen molar-refractivity contribution >= 4 is 23.5 Å². The van der Waals surface area contributed by atoms with E-state index in [1.54, 1.807) is 0 Å². The molecule has 0 aliphatic rings. The van der Waals surface area contributed by atoms with Gasteiger partial charge in [-0.1, -0.05) is 123 Å². The Hall–Kier alpha value is -1.38. The third-order valence-electron chi connectivity index (χ3n) is 5.55. The second kappa shape index (κ2) is 16.3. The minimum Gasteiger partial charge on any atom is -0.0946 e. The molecule has 0 fully saturated rings. The third-order valence-corrected chi connectivity index (χ3v) is 7.77. The Morgan fingerprint density at radius 1 is 0.562 bits per heavy atom. The van der Waals surface area contributed by atoms with Crippen LogP contribution in [-0.4, -0.2) is 0 Å². The maximum Gasteiger partial charge on any atom is 0.0119 e. The Bertz CT molecular complexity index is 741. The van der Waals surface area contributed by atoms with Crippen LogP contribution in [0.5, 0.6) is 0 Å². The fourth-order valence-electron chi connectivity index (χ4n) is 3.49. The normalized spacial score (nSPS) is 12.4. The van der Waals surface area contributed by atoms with Crippen LogP contribution >= 0.6 is 23.5 Å². The molecule has 0 atom stereocenters. The number of allylic oxidation sites excluding steroid dienone is 4. The summed E-state index contributed by atoms with van der Waals surface area (Å²) in [6.07, 6.45) is 17.6. The molecule has 0 spiro atoms. The molecule has 0 aromatic heterocycles. The molecule has 2 aromatic rings. The lowest BCUT2D eigenvalue weighted by Crippen LogP contribution is -1.85. The van der Waals surface area contributed by atoms with Crippen LogP contribution in [0.3, 0.4) is 0 Å². The van der Waals surface area contributed by atoms with E-state index in [1.807, 2.05) is 23.5 Å². The summed E-state index contributed by atoms with van der Waals surface area (Å²) in [4.78, 5) is 5.67. The maximum absolute atomic E-state index is 2.41. The molecule has 0 amide bonds. The van der Waals surface area contributed by atoms with E-state index in [1.165, 1.54) is 94.9 Å². The van der Waals surface area contributed by atoms with E-state index in [2.05, 4.69) is 88.4 Å². The second-order valence-corrected chi connectivity index (χ2v) is 11.1. The van der Waals surface area contributed by atoms with Crippen molar-refractivity contribution in [2.75, 3.05) is 0 Å². The zero-order chi connectivity index (χ0) is 23.0. The molecular formula is C30H42S2. The molecule has 0 saturated carbocycles. The minimum absolute atomic E-state index is 1.17. The van der Waals surface area contributed by atoms with Gasteiger partial charge in [0, 0.05) is 9.79 Å². The van der Waals surface area contributed by atoms with Crippen molar-refractivity contribution in [3.63, 3.8) is 0 Å².